The smallest absolute Gasteiger partial charge is 0.169 e. The predicted octanol–water partition coefficient (Wildman–Crippen LogP) is 4.34. The first kappa shape index (κ1) is 17.5. The molecule has 0 amide bonds. The van der Waals surface area contributed by atoms with Crippen LogP contribution in [0.3, 0.4) is 0 Å². The molecule has 0 heterocycles. The highest BCUT2D eigenvalue weighted by atomic mass is 79.9. The molecule has 0 unspecified atom stereocenters. The zero-order valence-corrected chi connectivity index (χ0v) is 16.0. The summed E-state index contributed by atoms with van der Waals surface area (Å²) in [4.78, 5) is 2.08. The van der Waals surface area contributed by atoms with E-state index in [1.807, 2.05) is 19.2 Å². The van der Waals surface area contributed by atoms with Crippen LogP contribution in [-0.4, -0.2) is 30.2 Å². The average molecular weight is 385 g/mol. The fraction of sp³-hybridized carbons (Fsp3) is 0.588. The number of nitrogens with one attached hydrogen (secondary N) is 1. The Balaban J connectivity index is 1.97. The molecule has 1 aliphatic rings. The highest BCUT2D eigenvalue weighted by Crippen LogP contribution is 2.25. The van der Waals surface area contributed by atoms with Crippen LogP contribution in [0.5, 0.6) is 5.75 Å². The number of rotatable bonds is 4. The number of thiocarbonyl (C=S) groups is 1. The molecule has 5 heteroatoms. The van der Waals surface area contributed by atoms with Gasteiger partial charge in [0.1, 0.15) is 5.75 Å². The zero-order chi connectivity index (χ0) is 16.1. The number of hydrogen-bond acceptors (Lipinski definition) is 2. The summed E-state index contributed by atoms with van der Waals surface area (Å²) in [7, 11) is 3.73. The van der Waals surface area contributed by atoms with Gasteiger partial charge in [0.25, 0.3) is 0 Å². The van der Waals surface area contributed by atoms with Crippen LogP contribution in [0.1, 0.15) is 38.2 Å². The second-order valence-electron chi connectivity index (χ2n) is 6.13. The van der Waals surface area contributed by atoms with Gasteiger partial charge in [-0.25, -0.2) is 0 Å². The van der Waals surface area contributed by atoms with Crippen LogP contribution in [0.25, 0.3) is 0 Å². The number of methoxy groups -OCH3 is 1. The van der Waals surface area contributed by atoms with Crippen molar-refractivity contribution in [3.8, 4) is 5.75 Å². The average Bonchev–Trinajstić information content (AvgIpc) is 2.49. The predicted molar refractivity (Wildman–Crippen MR) is 99.3 cm³/mol. The van der Waals surface area contributed by atoms with E-state index in [4.69, 9.17) is 17.0 Å². The zero-order valence-electron chi connectivity index (χ0n) is 13.6. The monoisotopic (exact) mass is 384 g/mol. The first-order valence-corrected chi connectivity index (χ1v) is 9.05. The topological polar surface area (TPSA) is 24.5 Å². The van der Waals surface area contributed by atoms with E-state index in [9.17, 15) is 0 Å². The van der Waals surface area contributed by atoms with Crippen molar-refractivity contribution in [1.29, 1.82) is 0 Å². The van der Waals surface area contributed by atoms with Crippen molar-refractivity contribution in [3.05, 3.63) is 28.2 Å². The molecule has 0 saturated heterocycles. The molecule has 22 heavy (non-hydrogen) atoms. The Kier molecular flexibility index (Phi) is 6.50. The highest BCUT2D eigenvalue weighted by molar-refractivity contribution is 9.10. The van der Waals surface area contributed by atoms with Crippen molar-refractivity contribution >= 4 is 33.3 Å². The van der Waals surface area contributed by atoms with Crippen molar-refractivity contribution in [2.75, 3.05) is 14.2 Å². The Morgan fingerprint density at radius 1 is 1.41 bits per heavy atom. The van der Waals surface area contributed by atoms with Gasteiger partial charge in [-0.15, -0.1) is 0 Å². The number of nitrogens with zero attached hydrogens (tertiary/aromatic N) is 1. The molecule has 1 aliphatic carbocycles. The SMILES string of the molecule is COc1ccc(Br)cc1CN(C)C(=S)N[C@@H]1CCCC[C@@H]1C. The Labute approximate surface area is 147 Å². The van der Waals surface area contributed by atoms with Crippen molar-refractivity contribution in [2.24, 2.45) is 5.92 Å². The van der Waals surface area contributed by atoms with Gasteiger partial charge in [0.2, 0.25) is 0 Å². The van der Waals surface area contributed by atoms with Crippen LogP contribution in [0, 0.1) is 5.92 Å². The van der Waals surface area contributed by atoms with Crippen molar-refractivity contribution in [2.45, 2.75) is 45.2 Å². The van der Waals surface area contributed by atoms with Crippen LogP contribution in [0.15, 0.2) is 22.7 Å². The Morgan fingerprint density at radius 3 is 2.82 bits per heavy atom. The molecule has 1 aromatic carbocycles. The normalized spacial score (nSPS) is 21.3. The van der Waals surface area contributed by atoms with E-state index < -0.39 is 0 Å². The quantitative estimate of drug-likeness (QED) is 0.780. The van der Waals surface area contributed by atoms with Gasteiger partial charge in [-0.3, -0.25) is 0 Å². The minimum absolute atomic E-state index is 0.508. The molecule has 1 aromatic rings. The molecule has 0 aliphatic heterocycles. The maximum atomic E-state index is 5.58. The second kappa shape index (κ2) is 8.16. The second-order valence-corrected chi connectivity index (χ2v) is 7.43. The van der Waals surface area contributed by atoms with Gasteiger partial charge < -0.3 is 15.0 Å². The Bertz CT molecular complexity index is 523. The molecule has 0 spiro atoms. The standard InChI is InChI=1S/C17H25BrN2OS/c1-12-6-4-5-7-15(12)19-17(22)20(2)11-13-10-14(18)8-9-16(13)21-3/h8-10,12,15H,4-7,11H2,1-3H3,(H,19,22)/t12-,15+/m0/s1. The van der Waals surface area contributed by atoms with Gasteiger partial charge in [0.05, 0.1) is 7.11 Å². The number of halogens is 1. The minimum atomic E-state index is 0.508. The molecule has 0 aromatic heterocycles. The van der Waals surface area contributed by atoms with Crippen LogP contribution in [0.2, 0.25) is 0 Å². The molecule has 1 N–H and O–H groups in total. The molecule has 1 saturated carbocycles. The first-order valence-electron chi connectivity index (χ1n) is 7.85. The van der Waals surface area contributed by atoms with Crippen molar-refractivity contribution in [3.63, 3.8) is 0 Å². The fourth-order valence-corrected chi connectivity index (χ4v) is 3.62. The van der Waals surface area contributed by atoms with Gasteiger partial charge >= 0.3 is 0 Å². The van der Waals surface area contributed by atoms with Gasteiger partial charge in [0.15, 0.2) is 5.11 Å². The number of ether oxygens (including phenoxy) is 1. The maximum absolute atomic E-state index is 5.58. The summed E-state index contributed by atoms with van der Waals surface area (Å²) >= 11 is 9.10. The van der Waals surface area contributed by atoms with Crippen molar-refractivity contribution < 1.29 is 4.74 Å². The van der Waals surface area contributed by atoms with E-state index in [-0.39, 0.29) is 0 Å². The molecule has 2 rings (SSSR count). The summed E-state index contributed by atoms with van der Waals surface area (Å²) in [6.45, 7) is 3.05. The van der Waals surface area contributed by atoms with Gasteiger partial charge in [0, 0.05) is 29.7 Å². The summed E-state index contributed by atoms with van der Waals surface area (Å²) in [5.41, 5.74) is 1.13. The maximum Gasteiger partial charge on any atom is 0.169 e. The van der Waals surface area contributed by atoms with Gasteiger partial charge in [-0.1, -0.05) is 35.7 Å². The third kappa shape index (κ3) is 4.59. The Morgan fingerprint density at radius 2 is 2.14 bits per heavy atom. The number of hydrogen-bond donors (Lipinski definition) is 1. The molecule has 2 atom stereocenters. The van der Waals surface area contributed by atoms with E-state index in [2.05, 4.69) is 39.1 Å². The van der Waals surface area contributed by atoms with E-state index in [1.165, 1.54) is 25.7 Å². The summed E-state index contributed by atoms with van der Waals surface area (Å²) in [6, 6.07) is 6.56. The lowest BCUT2D eigenvalue weighted by molar-refractivity contribution is 0.300. The minimum Gasteiger partial charge on any atom is -0.496 e. The summed E-state index contributed by atoms with van der Waals surface area (Å²) in [5.74, 6) is 1.59. The summed E-state index contributed by atoms with van der Waals surface area (Å²) < 4.78 is 6.49. The molecular formula is C17H25BrN2OS. The van der Waals surface area contributed by atoms with Crippen LogP contribution in [-0.2, 0) is 6.54 Å². The number of benzene rings is 1. The third-order valence-electron chi connectivity index (χ3n) is 4.42. The van der Waals surface area contributed by atoms with Crippen LogP contribution in [0.4, 0.5) is 0 Å². The largest absolute Gasteiger partial charge is 0.496 e. The molecule has 0 bridgehead atoms. The van der Waals surface area contributed by atoms with Crippen LogP contribution >= 0.6 is 28.1 Å². The first-order chi connectivity index (χ1) is 10.5. The van der Waals surface area contributed by atoms with E-state index in [0.717, 1.165) is 27.4 Å². The lowest BCUT2D eigenvalue weighted by atomic mass is 9.86. The third-order valence-corrected chi connectivity index (χ3v) is 5.34. The lowest BCUT2D eigenvalue weighted by Gasteiger charge is -2.33. The highest BCUT2D eigenvalue weighted by Gasteiger charge is 2.22. The molecule has 0 radical (unpaired) electrons. The van der Waals surface area contributed by atoms with Gasteiger partial charge in [-0.05, 0) is 49.2 Å². The van der Waals surface area contributed by atoms with Crippen LogP contribution < -0.4 is 10.1 Å². The fourth-order valence-electron chi connectivity index (χ4n) is 3.00. The summed E-state index contributed by atoms with van der Waals surface area (Å²) in [6.07, 6.45) is 5.16. The van der Waals surface area contributed by atoms with E-state index in [1.54, 1.807) is 7.11 Å². The Hall–Kier alpha value is -0.810. The van der Waals surface area contributed by atoms with E-state index >= 15 is 0 Å². The van der Waals surface area contributed by atoms with E-state index in [0.29, 0.717) is 12.0 Å². The summed E-state index contributed by atoms with van der Waals surface area (Å²) in [5, 5.41) is 4.37. The molecule has 3 nitrogen and oxygen atoms in total. The lowest BCUT2D eigenvalue weighted by Crippen LogP contribution is -2.46. The van der Waals surface area contributed by atoms with Crippen molar-refractivity contribution in [1.82, 2.24) is 10.2 Å². The molecular weight excluding hydrogens is 360 g/mol. The molecule has 122 valence electrons. The molecule has 1 fully saturated rings. The van der Waals surface area contributed by atoms with Gasteiger partial charge in [-0.2, -0.15) is 0 Å².